The number of amides is 2. The molecule has 2 saturated heterocycles. The van der Waals surface area contributed by atoms with Crippen molar-refractivity contribution >= 4 is 23.9 Å². The predicted molar refractivity (Wildman–Crippen MR) is 131 cm³/mol. The molecule has 2 fully saturated rings. The van der Waals surface area contributed by atoms with Gasteiger partial charge in [0.15, 0.2) is 0 Å². The lowest BCUT2D eigenvalue weighted by Crippen LogP contribution is -2.56. The van der Waals surface area contributed by atoms with Gasteiger partial charge in [0.05, 0.1) is 7.11 Å². The van der Waals surface area contributed by atoms with Gasteiger partial charge in [0.25, 0.3) is 0 Å². The Morgan fingerprint density at radius 1 is 1.09 bits per heavy atom. The van der Waals surface area contributed by atoms with Crippen LogP contribution in [0.5, 0.6) is 5.75 Å². The van der Waals surface area contributed by atoms with Gasteiger partial charge in [0.1, 0.15) is 5.75 Å². The van der Waals surface area contributed by atoms with E-state index in [1.54, 1.807) is 37.6 Å². The fourth-order valence-electron chi connectivity index (χ4n) is 4.99. The van der Waals surface area contributed by atoms with E-state index >= 15 is 0 Å². The molecule has 8 nitrogen and oxygen atoms in total. The summed E-state index contributed by atoms with van der Waals surface area (Å²) in [5.74, 6) is 0.957. The second-order valence-corrected chi connectivity index (χ2v) is 8.68. The zero-order valence-corrected chi connectivity index (χ0v) is 19.7. The Bertz CT molecular complexity index is 982. The molecule has 0 aromatic heterocycles. The zero-order chi connectivity index (χ0) is 23.9. The van der Waals surface area contributed by atoms with E-state index in [4.69, 9.17) is 9.57 Å². The molecule has 3 unspecified atom stereocenters. The van der Waals surface area contributed by atoms with Crippen LogP contribution in [0.15, 0.2) is 59.8 Å². The Hall–Kier alpha value is -3.39. The molecule has 2 heterocycles. The monoisotopic (exact) mass is 464 g/mol. The smallest absolute Gasteiger partial charge is 0.437 e. The van der Waals surface area contributed by atoms with Gasteiger partial charge in [-0.05, 0) is 42.7 Å². The van der Waals surface area contributed by atoms with Crippen molar-refractivity contribution in [2.24, 2.45) is 5.16 Å². The van der Waals surface area contributed by atoms with Crippen LogP contribution in [-0.2, 0) is 9.63 Å². The highest BCUT2D eigenvalue weighted by molar-refractivity contribution is 5.84. The first-order valence-electron chi connectivity index (χ1n) is 11.8. The van der Waals surface area contributed by atoms with Crippen LogP contribution in [0.3, 0.4) is 0 Å². The van der Waals surface area contributed by atoms with Crippen LogP contribution in [0.1, 0.15) is 44.2 Å². The van der Waals surface area contributed by atoms with Crippen LogP contribution in [0.2, 0.25) is 0 Å². The number of hydrogen-bond acceptors (Lipinski definition) is 6. The minimum Gasteiger partial charge on any atom is -0.497 e. The molecule has 8 heteroatoms. The number of rotatable bonds is 8. The number of carbonyl (C=O) groups is 2. The van der Waals surface area contributed by atoms with E-state index in [-0.39, 0.29) is 24.0 Å². The van der Waals surface area contributed by atoms with Crippen molar-refractivity contribution < 1.29 is 19.2 Å². The molecule has 3 atom stereocenters. The number of oxime groups is 1. The second-order valence-electron chi connectivity index (χ2n) is 8.68. The number of ether oxygens (including phenoxy) is 1. The molecule has 0 spiro atoms. The van der Waals surface area contributed by atoms with E-state index in [1.807, 2.05) is 25.1 Å². The fourth-order valence-corrected chi connectivity index (χ4v) is 4.99. The molecule has 2 aliphatic rings. The number of methoxy groups -OCH3 is 1. The molecule has 34 heavy (non-hydrogen) atoms. The molecular formula is C26H32N4O4. The molecule has 0 radical (unpaired) electrons. The molecule has 2 aromatic rings. The summed E-state index contributed by atoms with van der Waals surface area (Å²) in [6, 6.07) is 17.9. The van der Waals surface area contributed by atoms with Crippen LogP contribution in [-0.4, -0.2) is 60.3 Å². The van der Waals surface area contributed by atoms with Crippen LogP contribution in [0, 0.1) is 0 Å². The van der Waals surface area contributed by atoms with E-state index in [2.05, 4.69) is 32.4 Å². The number of nitrogens with zero attached hydrogens (tertiary/aromatic N) is 3. The van der Waals surface area contributed by atoms with Gasteiger partial charge in [-0.2, -0.15) is 0 Å². The third-order valence-electron chi connectivity index (χ3n) is 6.60. The Balaban J connectivity index is 1.37. The SMILES string of the molecule is CCC(=O)N1C2CCC1CN(C(C/C=N/OC(=O)Nc1ccc(OC)cc1)c1ccccc1)C2. The van der Waals surface area contributed by atoms with Gasteiger partial charge in [-0.25, -0.2) is 4.79 Å². The summed E-state index contributed by atoms with van der Waals surface area (Å²) in [6.07, 6.45) is 4.26. The van der Waals surface area contributed by atoms with E-state index in [0.717, 1.165) is 25.9 Å². The molecule has 0 aliphatic carbocycles. The molecule has 2 aliphatic heterocycles. The lowest BCUT2D eigenvalue weighted by Gasteiger charge is -2.44. The van der Waals surface area contributed by atoms with Crippen molar-refractivity contribution in [3.63, 3.8) is 0 Å². The Kier molecular flexibility index (Phi) is 7.80. The van der Waals surface area contributed by atoms with Gasteiger partial charge in [-0.1, -0.05) is 42.4 Å². The van der Waals surface area contributed by atoms with Gasteiger partial charge < -0.3 is 9.64 Å². The average molecular weight is 465 g/mol. The molecule has 2 aromatic carbocycles. The number of piperazine rings is 1. The van der Waals surface area contributed by atoms with Gasteiger partial charge in [0, 0.05) is 56.0 Å². The Morgan fingerprint density at radius 2 is 1.76 bits per heavy atom. The third-order valence-corrected chi connectivity index (χ3v) is 6.60. The maximum absolute atomic E-state index is 12.4. The summed E-state index contributed by atoms with van der Waals surface area (Å²) >= 11 is 0. The molecule has 2 bridgehead atoms. The summed E-state index contributed by atoms with van der Waals surface area (Å²) in [6.45, 7) is 3.62. The highest BCUT2D eigenvalue weighted by atomic mass is 16.7. The van der Waals surface area contributed by atoms with E-state index in [0.29, 0.717) is 24.3 Å². The molecule has 0 saturated carbocycles. The number of fused-ring (bicyclic) bond motifs is 2. The highest BCUT2D eigenvalue weighted by Crippen LogP contribution is 2.35. The minimum absolute atomic E-state index is 0.0974. The number of carbonyl (C=O) groups excluding carboxylic acids is 2. The number of likely N-dealkylation sites (tertiary alicyclic amines) is 1. The zero-order valence-electron chi connectivity index (χ0n) is 19.7. The number of anilines is 1. The first-order chi connectivity index (χ1) is 16.6. The van der Waals surface area contributed by atoms with Crippen molar-refractivity contribution in [2.75, 3.05) is 25.5 Å². The molecule has 1 N–H and O–H groups in total. The second kappa shape index (κ2) is 11.2. The molecule has 2 amide bonds. The summed E-state index contributed by atoms with van der Waals surface area (Å²) < 4.78 is 5.11. The Labute approximate surface area is 200 Å². The maximum Gasteiger partial charge on any atom is 0.437 e. The minimum atomic E-state index is -0.651. The predicted octanol–water partition coefficient (Wildman–Crippen LogP) is 4.45. The summed E-state index contributed by atoms with van der Waals surface area (Å²) in [7, 11) is 1.59. The topological polar surface area (TPSA) is 83.5 Å². The summed E-state index contributed by atoms with van der Waals surface area (Å²) in [5, 5.41) is 6.56. The third kappa shape index (κ3) is 5.56. The lowest BCUT2D eigenvalue weighted by atomic mass is 10.00. The first kappa shape index (κ1) is 23.8. The molecule has 4 rings (SSSR count). The molecular weight excluding hydrogens is 432 g/mol. The van der Waals surface area contributed by atoms with Crippen molar-refractivity contribution in [2.45, 2.75) is 50.7 Å². The first-order valence-corrected chi connectivity index (χ1v) is 11.8. The maximum atomic E-state index is 12.4. The number of nitrogens with one attached hydrogen (secondary N) is 1. The Morgan fingerprint density at radius 3 is 2.38 bits per heavy atom. The highest BCUT2D eigenvalue weighted by Gasteiger charge is 2.43. The van der Waals surface area contributed by atoms with Crippen LogP contribution in [0.25, 0.3) is 0 Å². The lowest BCUT2D eigenvalue weighted by molar-refractivity contribution is -0.137. The van der Waals surface area contributed by atoms with E-state index < -0.39 is 6.09 Å². The van der Waals surface area contributed by atoms with Gasteiger partial charge >= 0.3 is 6.09 Å². The standard InChI is InChI=1S/C26H32N4O4/c1-3-25(31)30-21-11-12-22(30)18-29(17-21)24(19-7-5-4-6-8-19)15-16-27-34-26(32)28-20-9-13-23(33-2)14-10-20/h4-10,13-14,16,21-22,24H,3,11-12,15,17-18H2,1-2H3,(H,28,32)/b27-16+. The van der Waals surface area contributed by atoms with Gasteiger partial charge in [0.2, 0.25) is 5.91 Å². The van der Waals surface area contributed by atoms with Gasteiger partial charge in [-0.3, -0.25) is 19.8 Å². The fraction of sp³-hybridized carbons (Fsp3) is 0.423. The van der Waals surface area contributed by atoms with Crippen LogP contribution >= 0.6 is 0 Å². The van der Waals surface area contributed by atoms with Crippen molar-refractivity contribution in [3.8, 4) is 5.75 Å². The number of benzene rings is 2. The molecule has 180 valence electrons. The summed E-state index contributed by atoms with van der Waals surface area (Å²) in [4.78, 5) is 34.1. The van der Waals surface area contributed by atoms with Crippen molar-refractivity contribution in [1.82, 2.24) is 9.80 Å². The van der Waals surface area contributed by atoms with Crippen molar-refractivity contribution in [1.29, 1.82) is 0 Å². The largest absolute Gasteiger partial charge is 0.497 e. The number of hydrogen-bond donors (Lipinski definition) is 1. The van der Waals surface area contributed by atoms with E-state index in [9.17, 15) is 9.59 Å². The van der Waals surface area contributed by atoms with E-state index in [1.165, 1.54) is 5.56 Å². The van der Waals surface area contributed by atoms with Crippen LogP contribution in [0.4, 0.5) is 10.5 Å². The normalized spacial score (nSPS) is 20.8. The van der Waals surface area contributed by atoms with Crippen LogP contribution < -0.4 is 10.1 Å². The van der Waals surface area contributed by atoms with Crippen molar-refractivity contribution in [3.05, 3.63) is 60.2 Å². The average Bonchev–Trinajstić information content (AvgIpc) is 3.14. The summed E-state index contributed by atoms with van der Waals surface area (Å²) in [5.41, 5.74) is 1.78. The quantitative estimate of drug-likeness (QED) is 0.355. The van der Waals surface area contributed by atoms with Gasteiger partial charge in [-0.15, -0.1) is 0 Å².